The number of aromatic hydroxyl groups is 8. The van der Waals surface area contributed by atoms with Crippen LogP contribution < -0.4 is 75.8 Å². The molecule has 0 saturated heterocycles. The Labute approximate surface area is 582 Å². The van der Waals surface area contributed by atoms with Gasteiger partial charge in [-0.25, -0.2) is 0 Å². The predicted octanol–water partition coefficient (Wildman–Crippen LogP) is 12.8. The quantitative estimate of drug-likeness (QED) is 0.0186. The number of phenolic OH excluding ortho intramolecular Hbond substituents is 8. The molecule has 8 N–H and O–H groups in total. The van der Waals surface area contributed by atoms with Crippen LogP contribution in [0.5, 0.6) is 138 Å². The van der Waals surface area contributed by atoms with E-state index in [2.05, 4.69) is 0 Å². The van der Waals surface area contributed by atoms with Crippen molar-refractivity contribution in [3.05, 3.63) is 142 Å². The van der Waals surface area contributed by atoms with Gasteiger partial charge in [0.1, 0.15) is 0 Å². The fourth-order valence-corrected chi connectivity index (χ4v) is 12.5. The third-order valence-corrected chi connectivity index (χ3v) is 17.8. The summed E-state index contributed by atoms with van der Waals surface area (Å²) in [4.78, 5) is 0. The van der Waals surface area contributed by atoms with Crippen molar-refractivity contribution in [1.29, 1.82) is 0 Å². The summed E-state index contributed by atoms with van der Waals surface area (Å²) < 4.78 is 87.8. The normalized spacial score (nSPS) is 12.1. The zero-order chi connectivity index (χ0) is 73.1. The lowest BCUT2D eigenvalue weighted by atomic mass is 9.75. The van der Waals surface area contributed by atoms with Crippen LogP contribution in [0.3, 0.4) is 0 Å². The minimum absolute atomic E-state index is 0.0880. The maximum atomic E-state index is 10.8. The van der Waals surface area contributed by atoms with Gasteiger partial charge >= 0.3 is 0 Å². The third-order valence-electron chi connectivity index (χ3n) is 17.8. The van der Waals surface area contributed by atoms with Crippen molar-refractivity contribution in [2.24, 2.45) is 11.8 Å². The molecule has 24 heteroatoms. The molecule has 0 aliphatic carbocycles. The second-order valence-electron chi connectivity index (χ2n) is 23.3. The van der Waals surface area contributed by atoms with Crippen LogP contribution in [-0.4, -0.2) is 155 Å². The van der Waals surface area contributed by atoms with Crippen LogP contribution in [0.1, 0.15) is 69.2 Å². The Hall–Kier alpha value is -11.0. The Morgan fingerprint density at radius 2 is 0.340 bits per heavy atom. The maximum absolute atomic E-state index is 10.8. The second-order valence-corrected chi connectivity index (χ2v) is 23.3. The van der Waals surface area contributed by atoms with Crippen LogP contribution >= 0.6 is 0 Å². The number of aryl methyl sites for hydroxylation is 2. The molecule has 8 aromatic carbocycles. The molecule has 0 unspecified atom stereocenters. The molecule has 0 aliphatic heterocycles. The largest absolute Gasteiger partial charge is 0.502 e. The van der Waals surface area contributed by atoms with Crippen molar-refractivity contribution in [2.75, 3.05) is 114 Å². The number of rotatable bonds is 34. The van der Waals surface area contributed by atoms with E-state index in [9.17, 15) is 40.9 Å². The molecular formula is C76H92O24. The number of methoxy groups -OCH3 is 16. The molecule has 0 heterocycles. The minimum atomic E-state index is -0.274. The van der Waals surface area contributed by atoms with E-state index in [0.717, 1.165) is 44.5 Å². The van der Waals surface area contributed by atoms with E-state index in [4.69, 9.17) is 75.8 Å². The van der Waals surface area contributed by atoms with E-state index in [-0.39, 0.29) is 162 Å². The molecule has 0 saturated carbocycles. The van der Waals surface area contributed by atoms with E-state index >= 15 is 0 Å². The predicted molar refractivity (Wildman–Crippen MR) is 374 cm³/mol. The van der Waals surface area contributed by atoms with Crippen LogP contribution in [0.15, 0.2) is 97.1 Å². The summed E-state index contributed by atoms with van der Waals surface area (Å²) in [5.41, 5.74) is 6.66. The van der Waals surface area contributed by atoms with E-state index in [1.54, 1.807) is 97.1 Å². The van der Waals surface area contributed by atoms with Crippen LogP contribution in [-0.2, 0) is 38.5 Å². The summed E-state index contributed by atoms with van der Waals surface area (Å²) in [6.07, 6.45) is 4.15. The fourth-order valence-electron chi connectivity index (χ4n) is 12.5. The van der Waals surface area contributed by atoms with Gasteiger partial charge in [0, 0.05) is 0 Å². The van der Waals surface area contributed by atoms with Crippen LogP contribution in [0, 0.1) is 11.8 Å². The average molecular weight is 1390 g/mol. The van der Waals surface area contributed by atoms with Gasteiger partial charge in [-0.05, 0) is 217 Å². The first-order valence-electron chi connectivity index (χ1n) is 31.6. The standard InChI is InChI=1S/2C38H46O12/c2*1-43-27-13-21(14-28(44-2)35(27)39)9-10-24(11-22-15-29(45-3)36(40)30(16-22)46-4)26(25-19-33(49-7)38(42)34(20-25)50-8)12-23-17-31(47-5)37(41)32(18-23)48-6/h2*13-20,24,26,39-42H,9-12H2,1-8H3/t2*24-,26-/m10/s1. The van der Waals surface area contributed by atoms with E-state index in [0.29, 0.717) is 51.4 Å². The highest BCUT2D eigenvalue weighted by Gasteiger charge is 2.32. The molecular weight excluding hydrogens is 1300 g/mol. The summed E-state index contributed by atoms with van der Waals surface area (Å²) in [6, 6.07) is 28.4. The lowest BCUT2D eigenvalue weighted by molar-refractivity contribution is 0.331. The molecule has 0 aromatic heterocycles. The third kappa shape index (κ3) is 17.6. The Morgan fingerprint density at radius 3 is 0.500 bits per heavy atom. The van der Waals surface area contributed by atoms with E-state index in [1.807, 2.05) is 0 Å². The number of benzene rings is 8. The van der Waals surface area contributed by atoms with Crippen molar-refractivity contribution in [3.8, 4) is 138 Å². The lowest BCUT2D eigenvalue weighted by Gasteiger charge is -2.30. The molecule has 0 bridgehead atoms. The highest BCUT2D eigenvalue weighted by atomic mass is 16.5. The van der Waals surface area contributed by atoms with Gasteiger partial charge in [0.2, 0.25) is 46.0 Å². The van der Waals surface area contributed by atoms with Crippen LogP contribution in [0.25, 0.3) is 0 Å². The van der Waals surface area contributed by atoms with Gasteiger partial charge in [0.15, 0.2) is 92.0 Å². The van der Waals surface area contributed by atoms with E-state index in [1.165, 1.54) is 114 Å². The molecule has 8 aromatic rings. The van der Waals surface area contributed by atoms with Gasteiger partial charge < -0.3 is 117 Å². The monoisotopic (exact) mass is 1390 g/mol. The first-order chi connectivity index (χ1) is 48.1. The van der Waals surface area contributed by atoms with Crippen molar-refractivity contribution < 1.29 is 117 Å². The van der Waals surface area contributed by atoms with Crippen molar-refractivity contribution in [2.45, 2.75) is 63.2 Å². The number of ether oxygens (including phenoxy) is 16. The average Bonchev–Trinajstić information content (AvgIpc) is 0.796. The minimum Gasteiger partial charge on any atom is -0.502 e. The topological polar surface area (TPSA) is 310 Å². The molecule has 0 fully saturated rings. The van der Waals surface area contributed by atoms with Gasteiger partial charge in [-0.2, -0.15) is 0 Å². The zero-order valence-corrected chi connectivity index (χ0v) is 59.3. The van der Waals surface area contributed by atoms with Crippen molar-refractivity contribution >= 4 is 0 Å². The van der Waals surface area contributed by atoms with Gasteiger partial charge in [-0.1, -0.05) is 0 Å². The zero-order valence-electron chi connectivity index (χ0n) is 59.3. The fraction of sp³-hybridized carbons (Fsp3) is 0.368. The highest BCUT2D eigenvalue weighted by Crippen LogP contribution is 2.50. The maximum Gasteiger partial charge on any atom is 0.200 e. The molecule has 0 amide bonds. The smallest absolute Gasteiger partial charge is 0.200 e. The Morgan fingerprint density at radius 1 is 0.200 bits per heavy atom. The van der Waals surface area contributed by atoms with Crippen molar-refractivity contribution in [3.63, 3.8) is 0 Å². The lowest BCUT2D eigenvalue weighted by Crippen LogP contribution is -2.20. The van der Waals surface area contributed by atoms with Crippen LogP contribution in [0.4, 0.5) is 0 Å². The summed E-state index contributed by atoms with van der Waals surface area (Å²) in [5, 5.41) is 85.5. The summed E-state index contributed by atoms with van der Waals surface area (Å²) in [5.74, 6) is 2.50. The Kier molecular flexibility index (Phi) is 27.1. The van der Waals surface area contributed by atoms with Crippen molar-refractivity contribution in [1.82, 2.24) is 0 Å². The number of phenols is 8. The number of hydrogen-bond acceptors (Lipinski definition) is 24. The van der Waals surface area contributed by atoms with Gasteiger partial charge in [0.25, 0.3) is 0 Å². The van der Waals surface area contributed by atoms with Crippen LogP contribution in [0.2, 0.25) is 0 Å². The molecule has 24 nitrogen and oxygen atoms in total. The molecule has 540 valence electrons. The molecule has 8 rings (SSSR count). The highest BCUT2D eigenvalue weighted by molar-refractivity contribution is 5.60. The van der Waals surface area contributed by atoms with Gasteiger partial charge in [0.05, 0.1) is 114 Å². The summed E-state index contributed by atoms with van der Waals surface area (Å²) in [6.45, 7) is 0. The SMILES string of the molecule is COc1cc(CC[C@@H](Cc2cc(OC)c(O)c(OC)c2)[C@H](Cc2cc(OC)c(O)c(OC)c2)c2cc(OC)c(O)c(OC)c2)cc(OC)c1O.COc1cc(CC[C@H](Cc2cc(OC)c(O)c(OC)c2)[C@@H](Cc2cc(OC)c(O)c(OC)c2)c2cc(OC)c(O)c(OC)c2)cc(OC)c1O. The molecule has 0 radical (unpaired) electrons. The van der Waals surface area contributed by atoms with E-state index < -0.39 is 0 Å². The number of hydrogen-bond donors (Lipinski definition) is 8. The Bertz CT molecular complexity index is 3600. The first-order valence-corrected chi connectivity index (χ1v) is 31.6. The first kappa shape index (κ1) is 76.3. The van der Waals surface area contributed by atoms with Gasteiger partial charge in [-0.3, -0.25) is 0 Å². The Balaban J connectivity index is 0.000000281. The van der Waals surface area contributed by atoms with Gasteiger partial charge in [-0.15, -0.1) is 0 Å². The molecule has 100 heavy (non-hydrogen) atoms. The second kappa shape index (κ2) is 35.5. The summed E-state index contributed by atoms with van der Waals surface area (Å²) in [7, 11) is 23.6. The molecule has 0 spiro atoms. The molecule has 4 atom stereocenters. The summed E-state index contributed by atoms with van der Waals surface area (Å²) >= 11 is 0. The molecule has 0 aliphatic rings.